The van der Waals surface area contributed by atoms with Crippen LogP contribution in [0, 0.1) is 5.82 Å². The molecule has 9 heteroatoms. The average Bonchev–Trinajstić information content (AvgIpc) is 3.33. The van der Waals surface area contributed by atoms with Crippen molar-refractivity contribution in [1.82, 2.24) is 25.5 Å². The van der Waals surface area contributed by atoms with Gasteiger partial charge in [-0.1, -0.05) is 6.07 Å². The van der Waals surface area contributed by atoms with Crippen molar-refractivity contribution in [3.05, 3.63) is 88.7 Å². The molecule has 35 heavy (non-hydrogen) atoms. The molecule has 0 bridgehead atoms. The number of carbonyl (C=O) groups excluding carboxylic acids is 1. The summed E-state index contributed by atoms with van der Waals surface area (Å²) >= 11 is 1.48. The predicted octanol–water partition coefficient (Wildman–Crippen LogP) is 5.53. The Morgan fingerprint density at radius 3 is 2.83 bits per heavy atom. The molecule has 0 aliphatic carbocycles. The highest BCUT2D eigenvalue weighted by Gasteiger charge is 2.43. The molecule has 2 aliphatic heterocycles. The molecular weight excluding hydrogens is 463 g/mol. The number of Topliss-reactive ketones (excluding diaryl/α,β-unsaturated/α-hetero) is 1. The summed E-state index contributed by atoms with van der Waals surface area (Å²) in [6.45, 7) is 1.58. The molecule has 5 aromatic rings. The van der Waals surface area contributed by atoms with Gasteiger partial charge in [0, 0.05) is 57.2 Å². The van der Waals surface area contributed by atoms with E-state index in [1.807, 2.05) is 24.3 Å². The second kappa shape index (κ2) is 7.31. The molecule has 1 aromatic carbocycles. The van der Waals surface area contributed by atoms with Gasteiger partial charge in [0.2, 0.25) is 0 Å². The minimum Gasteiger partial charge on any atom is -0.372 e. The van der Waals surface area contributed by atoms with Crippen LogP contribution in [0.4, 0.5) is 10.2 Å². The summed E-state index contributed by atoms with van der Waals surface area (Å²) in [6.07, 6.45) is 5.07. The quantitative estimate of drug-likeness (QED) is 0.231. The fourth-order valence-electron chi connectivity index (χ4n) is 4.64. The van der Waals surface area contributed by atoms with Gasteiger partial charge in [-0.15, -0.1) is 11.3 Å². The first-order chi connectivity index (χ1) is 17.1. The molecule has 2 aliphatic rings. The molecule has 1 atom stereocenters. The van der Waals surface area contributed by atoms with E-state index in [9.17, 15) is 9.18 Å². The number of rotatable bonds is 4. The van der Waals surface area contributed by atoms with Crippen molar-refractivity contribution < 1.29 is 9.18 Å². The maximum atomic E-state index is 14.9. The highest BCUT2D eigenvalue weighted by Crippen LogP contribution is 2.50. The number of hydrogen-bond donors (Lipinski definition) is 3. The number of carbonyl (C=O) groups is 1. The van der Waals surface area contributed by atoms with Crippen LogP contribution in [0.2, 0.25) is 0 Å². The lowest BCUT2D eigenvalue weighted by Crippen LogP contribution is -2.09. The molecule has 4 aromatic heterocycles. The molecule has 0 amide bonds. The number of aromatic nitrogens is 4. The molecule has 7 nitrogen and oxygen atoms in total. The van der Waals surface area contributed by atoms with Crippen LogP contribution in [0.3, 0.4) is 0 Å². The zero-order valence-electron chi connectivity index (χ0n) is 18.4. The molecule has 0 saturated carbocycles. The van der Waals surface area contributed by atoms with E-state index in [4.69, 9.17) is 0 Å². The zero-order chi connectivity index (χ0) is 23.7. The van der Waals surface area contributed by atoms with Crippen molar-refractivity contribution in [3.8, 4) is 21.6 Å². The SMILES string of the molecule is CC(=O)c1ccc(-c2ccnc3c2C2NC2=C(c2n[nH]c4cc(F)c(-c5cccnc5)cc24)N3)s1. The summed E-state index contributed by atoms with van der Waals surface area (Å²) in [5, 5.41) is 15.2. The molecule has 1 fully saturated rings. The van der Waals surface area contributed by atoms with E-state index in [0.29, 0.717) is 22.3 Å². The third-order valence-electron chi connectivity index (χ3n) is 6.38. The average molecular weight is 481 g/mol. The Balaban J connectivity index is 1.32. The summed E-state index contributed by atoms with van der Waals surface area (Å²) in [6, 6.07) is 12.7. The van der Waals surface area contributed by atoms with E-state index in [2.05, 4.69) is 30.8 Å². The van der Waals surface area contributed by atoms with E-state index in [0.717, 1.165) is 43.5 Å². The lowest BCUT2D eigenvalue weighted by Gasteiger charge is -2.18. The fourth-order valence-corrected chi connectivity index (χ4v) is 5.58. The molecule has 7 rings (SSSR count). The van der Waals surface area contributed by atoms with Crippen LogP contribution >= 0.6 is 11.3 Å². The number of pyridine rings is 2. The van der Waals surface area contributed by atoms with Crippen molar-refractivity contribution in [2.24, 2.45) is 0 Å². The van der Waals surface area contributed by atoms with Crippen LogP contribution in [-0.2, 0) is 0 Å². The van der Waals surface area contributed by atoms with E-state index in [1.54, 1.807) is 37.6 Å². The van der Waals surface area contributed by atoms with Gasteiger partial charge in [0.05, 0.1) is 27.8 Å². The van der Waals surface area contributed by atoms with E-state index in [-0.39, 0.29) is 17.6 Å². The van der Waals surface area contributed by atoms with Crippen molar-refractivity contribution >= 4 is 39.5 Å². The number of nitrogens with zero attached hydrogens (tertiary/aromatic N) is 3. The van der Waals surface area contributed by atoms with Crippen LogP contribution in [-0.4, -0.2) is 25.9 Å². The third-order valence-corrected chi connectivity index (χ3v) is 7.59. The molecule has 0 radical (unpaired) electrons. The molecule has 3 N–H and O–H groups in total. The number of nitrogens with one attached hydrogen (secondary N) is 3. The summed E-state index contributed by atoms with van der Waals surface area (Å²) in [5.41, 5.74) is 6.39. The predicted molar refractivity (Wildman–Crippen MR) is 133 cm³/mol. The van der Waals surface area contributed by atoms with Crippen LogP contribution in [0.25, 0.3) is 38.2 Å². The van der Waals surface area contributed by atoms with Crippen LogP contribution in [0.1, 0.15) is 33.9 Å². The van der Waals surface area contributed by atoms with Gasteiger partial charge in [0.25, 0.3) is 0 Å². The van der Waals surface area contributed by atoms with Gasteiger partial charge in [-0.05, 0) is 37.3 Å². The number of benzene rings is 1. The Kier molecular flexibility index (Phi) is 4.19. The fraction of sp³-hybridized carbons (Fsp3) is 0.0769. The first-order valence-corrected chi connectivity index (χ1v) is 11.9. The van der Waals surface area contributed by atoms with E-state index >= 15 is 0 Å². The van der Waals surface area contributed by atoms with Crippen LogP contribution < -0.4 is 10.6 Å². The minimum atomic E-state index is -0.338. The number of hydrogen-bond acceptors (Lipinski definition) is 7. The standard InChI is InChI=1S/C26H17FN6OS/c1-12(34)19-4-5-20(35-19)14-6-8-29-26-21(14)23-25(30-23)24(31-26)22-16-9-15(13-3-2-7-28-11-13)17(27)10-18(16)32-33-22/h2-11,23,30H,1H3,(H,29,31)(H,32,33). The van der Waals surface area contributed by atoms with Gasteiger partial charge in [-0.25, -0.2) is 9.37 Å². The lowest BCUT2D eigenvalue weighted by atomic mass is 9.98. The summed E-state index contributed by atoms with van der Waals surface area (Å²) in [7, 11) is 0. The summed E-state index contributed by atoms with van der Waals surface area (Å²) in [5.74, 6) is 0.455. The summed E-state index contributed by atoms with van der Waals surface area (Å²) < 4.78 is 14.9. The second-order valence-electron chi connectivity index (χ2n) is 8.52. The normalized spacial score (nSPS) is 15.9. The van der Waals surface area contributed by atoms with E-state index < -0.39 is 0 Å². The Morgan fingerprint density at radius 2 is 2.03 bits per heavy atom. The van der Waals surface area contributed by atoms with Crippen molar-refractivity contribution in [3.63, 3.8) is 0 Å². The number of anilines is 1. The topological polar surface area (TPSA) is 106 Å². The zero-order valence-corrected chi connectivity index (χ0v) is 19.2. The Hall–Kier alpha value is -4.37. The number of H-pyrrole nitrogens is 1. The van der Waals surface area contributed by atoms with Crippen molar-refractivity contribution in [2.45, 2.75) is 13.0 Å². The maximum absolute atomic E-state index is 14.9. The van der Waals surface area contributed by atoms with Gasteiger partial charge >= 0.3 is 0 Å². The summed E-state index contributed by atoms with van der Waals surface area (Å²) in [4.78, 5) is 22.3. The molecule has 170 valence electrons. The molecular formula is C26H17FN6OS. The molecule has 1 saturated heterocycles. The Morgan fingerprint density at radius 1 is 1.11 bits per heavy atom. The Labute approximate surface area is 202 Å². The molecule has 6 heterocycles. The largest absolute Gasteiger partial charge is 0.372 e. The number of ketones is 1. The highest BCUT2D eigenvalue weighted by atomic mass is 32.1. The lowest BCUT2D eigenvalue weighted by molar-refractivity contribution is 0.102. The first-order valence-electron chi connectivity index (χ1n) is 11.0. The van der Waals surface area contributed by atoms with Crippen molar-refractivity contribution in [1.29, 1.82) is 0 Å². The van der Waals surface area contributed by atoms with Gasteiger partial charge in [-0.2, -0.15) is 5.10 Å². The van der Waals surface area contributed by atoms with E-state index in [1.165, 1.54) is 17.4 Å². The maximum Gasteiger partial charge on any atom is 0.169 e. The van der Waals surface area contributed by atoms with Gasteiger partial charge < -0.3 is 10.6 Å². The smallest absolute Gasteiger partial charge is 0.169 e. The van der Waals surface area contributed by atoms with Gasteiger partial charge in [-0.3, -0.25) is 14.9 Å². The highest BCUT2D eigenvalue weighted by molar-refractivity contribution is 7.17. The number of halogens is 1. The monoisotopic (exact) mass is 480 g/mol. The van der Waals surface area contributed by atoms with Gasteiger partial charge in [0.1, 0.15) is 17.3 Å². The van der Waals surface area contributed by atoms with Crippen LogP contribution in [0.15, 0.2) is 66.8 Å². The second-order valence-corrected chi connectivity index (χ2v) is 9.61. The van der Waals surface area contributed by atoms with Crippen molar-refractivity contribution in [2.75, 3.05) is 5.32 Å². The van der Waals surface area contributed by atoms with Gasteiger partial charge in [0.15, 0.2) is 5.78 Å². The first kappa shape index (κ1) is 20.0. The molecule has 0 spiro atoms. The Bertz CT molecular complexity index is 1700. The number of fused-ring (bicyclic) bond motifs is 4. The van der Waals surface area contributed by atoms with Crippen LogP contribution in [0.5, 0.6) is 0 Å². The molecule has 1 unspecified atom stereocenters. The third kappa shape index (κ3) is 3.08. The minimum absolute atomic E-state index is 0.00202. The number of thiophene rings is 1. The number of aromatic amines is 1.